The highest BCUT2D eigenvalue weighted by atomic mass is 32.2. The van der Waals surface area contributed by atoms with Gasteiger partial charge >= 0.3 is 0 Å². The van der Waals surface area contributed by atoms with E-state index in [1.165, 1.54) is 22.9 Å². The average Bonchev–Trinajstić information content (AvgIpc) is 3.52. The van der Waals surface area contributed by atoms with Gasteiger partial charge in [-0.1, -0.05) is 11.8 Å². The number of thioether (sulfide) groups is 1. The van der Waals surface area contributed by atoms with E-state index in [4.69, 9.17) is 28.8 Å². The van der Waals surface area contributed by atoms with E-state index in [1.807, 2.05) is 18.4 Å². The molecule has 4 heterocycles. The van der Waals surface area contributed by atoms with Gasteiger partial charge in [-0.2, -0.15) is 0 Å². The zero-order valence-electron chi connectivity index (χ0n) is 17.0. The zero-order chi connectivity index (χ0) is 20.7. The van der Waals surface area contributed by atoms with Gasteiger partial charge in [0.1, 0.15) is 16.3 Å². The van der Waals surface area contributed by atoms with Crippen LogP contribution in [0.15, 0.2) is 28.0 Å². The first kappa shape index (κ1) is 19.7. The number of anilines is 1. The van der Waals surface area contributed by atoms with Gasteiger partial charge < -0.3 is 19.2 Å². The van der Waals surface area contributed by atoms with Crippen molar-refractivity contribution in [1.82, 2.24) is 15.0 Å². The van der Waals surface area contributed by atoms with E-state index in [1.54, 1.807) is 31.8 Å². The molecule has 1 aliphatic carbocycles. The molecule has 0 bridgehead atoms. The molecule has 4 aromatic heterocycles. The van der Waals surface area contributed by atoms with E-state index in [2.05, 4.69) is 5.32 Å². The Morgan fingerprint density at radius 2 is 2.03 bits per heavy atom. The number of nitrogens with one attached hydrogen (secondary N) is 1. The molecule has 0 aromatic carbocycles. The van der Waals surface area contributed by atoms with Crippen molar-refractivity contribution >= 4 is 49.3 Å². The Kier molecular flexibility index (Phi) is 5.36. The third kappa shape index (κ3) is 3.26. The van der Waals surface area contributed by atoms with Gasteiger partial charge in [-0.3, -0.25) is 0 Å². The van der Waals surface area contributed by atoms with Gasteiger partial charge in [-0.05, 0) is 48.8 Å². The summed E-state index contributed by atoms with van der Waals surface area (Å²) in [5.74, 6) is 1.61. The Morgan fingerprint density at radius 3 is 2.77 bits per heavy atom. The molecule has 0 aliphatic heterocycles. The predicted molar refractivity (Wildman–Crippen MR) is 121 cm³/mol. The highest BCUT2D eigenvalue weighted by molar-refractivity contribution is 7.98. The van der Waals surface area contributed by atoms with Gasteiger partial charge in [-0.25, -0.2) is 15.0 Å². The number of aromatic nitrogens is 3. The number of aryl methyl sites for hydroxylation is 1. The molecular formula is C21H22N4O3S2. The number of furan rings is 1. The van der Waals surface area contributed by atoms with E-state index >= 15 is 0 Å². The van der Waals surface area contributed by atoms with Crippen molar-refractivity contribution < 1.29 is 13.9 Å². The Bertz CT molecular complexity index is 1200. The zero-order valence-corrected chi connectivity index (χ0v) is 18.7. The number of fused-ring (bicyclic) bond motifs is 5. The lowest BCUT2D eigenvalue weighted by molar-refractivity contribution is -0.0914. The van der Waals surface area contributed by atoms with Crippen LogP contribution in [0.4, 0.5) is 5.82 Å². The largest absolute Gasteiger partial charge is 0.463 e. The first-order chi connectivity index (χ1) is 14.7. The molecule has 1 N–H and O–H groups in total. The summed E-state index contributed by atoms with van der Waals surface area (Å²) in [6, 6.07) is 3.89. The smallest absolute Gasteiger partial charge is 0.189 e. The van der Waals surface area contributed by atoms with Gasteiger partial charge in [0.05, 0.1) is 23.0 Å². The molecule has 1 aliphatic rings. The van der Waals surface area contributed by atoms with Crippen LogP contribution in [0, 0.1) is 0 Å². The van der Waals surface area contributed by atoms with E-state index in [0.29, 0.717) is 6.54 Å². The molecule has 5 rings (SSSR count). The number of hydrogen-bond donors (Lipinski definition) is 1. The van der Waals surface area contributed by atoms with Gasteiger partial charge in [0.2, 0.25) is 0 Å². The Morgan fingerprint density at radius 1 is 1.20 bits per heavy atom. The summed E-state index contributed by atoms with van der Waals surface area (Å²) >= 11 is 3.16. The molecule has 7 nitrogen and oxygen atoms in total. The first-order valence-electron chi connectivity index (χ1n) is 9.76. The maximum atomic E-state index is 5.69. The van der Waals surface area contributed by atoms with Crippen LogP contribution in [0.3, 0.4) is 0 Å². The molecule has 0 spiro atoms. The molecule has 0 unspecified atom stereocenters. The molecular weight excluding hydrogens is 420 g/mol. The lowest BCUT2D eigenvalue weighted by Gasteiger charge is -2.15. The quantitative estimate of drug-likeness (QED) is 0.250. The van der Waals surface area contributed by atoms with Crippen LogP contribution in [0.5, 0.6) is 0 Å². The second kappa shape index (κ2) is 8.14. The standard InChI is InChI=1S/C21H22N4O3S2/c1-26-14(27-2)10-22-19-18-17(24-21(25-19)29-3)15-11-6-4-7-12(11)16(23-20(15)30-18)13-8-5-9-28-13/h5,8-9,14H,4,6-7,10H2,1-3H3,(H,22,24,25). The molecule has 0 fully saturated rings. The number of nitrogens with zero attached hydrogens (tertiary/aromatic N) is 3. The molecule has 4 aromatic rings. The highest BCUT2D eigenvalue weighted by Gasteiger charge is 2.26. The number of thiophene rings is 1. The van der Waals surface area contributed by atoms with Crippen LogP contribution in [-0.2, 0) is 22.3 Å². The number of ether oxygens (including phenoxy) is 2. The number of methoxy groups -OCH3 is 2. The maximum absolute atomic E-state index is 5.69. The molecule has 0 atom stereocenters. The summed E-state index contributed by atoms with van der Waals surface area (Å²) in [6.45, 7) is 0.490. The normalized spacial score (nSPS) is 13.6. The van der Waals surface area contributed by atoms with E-state index in [9.17, 15) is 0 Å². The minimum atomic E-state index is -0.352. The lowest BCUT2D eigenvalue weighted by atomic mass is 10.0. The van der Waals surface area contributed by atoms with Gasteiger partial charge in [-0.15, -0.1) is 11.3 Å². The fourth-order valence-electron chi connectivity index (χ4n) is 4.02. The highest BCUT2D eigenvalue weighted by Crippen LogP contribution is 2.44. The molecule has 30 heavy (non-hydrogen) atoms. The van der Waals surface area contributed by atoms with E-state index in [-0.39, 0.29) is 6.29 Å². The number of pyridine rings is 1. The fourth-order valence-corrected chi connectivity index (χ4v) is 5.49. The summed E-state index contributed by atoms with van der Waals surface area (Å²) < 4.78 is 17.3. The van der Waals surface area contributed by atoms with Gasteiger partial charge in [0, 0.05) is 19.6 Å². The molecule has 0 saturated carbocycles. The second-order valence-electron chi connectivity index (χ2n) is 7.05. The van der Waals surface area contributed by atoms with Gasteiger partial charge in [0.25, 0.3) is 0 Å². The third-order valence-corrected chi connectivity index (χ3v) is 7.04. The van der Waals surface area contributed by atoms with Crippen molar-refractivity contribution in [3.05, 3.63) is 29.5 Å². The summed E-state index contributed by atoms with van der Waals surface area (Å²) in [5.41, 5.74) is 4.56. The number of hydrogen-bond acceptors (Lipinski definition) is 9. The third-order valence-electron chi connectivity index (χ3n) is 5.41. The van der Waals surface area contributed by atoms with E-state index < -0.39 is 0 Å². The Labute approximate surface area is 182 Å². The first-order valence-corrected chi connectivity index (χ1v) is 11.8. The van der Waals surface area contributed by atoms with E-state index in [0.717, 1.165) is 62.1 Å². The van der Waals surface area contributed by atoms with Crippen LogP contribution >= 0.6 is 23.1 Å². The Hall–Kier alpha value is -2.20. The Balaban J connectivity index is 1.72. The average molecular weight is 443 g/mol. The summed E-state index contributed by atoms with van der Waals surface area (Å²) in [5, 5.41) is 5.28. The van der Waals surface area contributed by atoms with Crippen molar-refractivity contribution in [3.8, 4) is 11.5 Å². The molecule has 0 saturated heterocycles. The number of rotatable bonds is 7. The van der Waals surface area contributed by atoms with Crippen molar-refractivity contribution in [3.63, 3.8) is 0 Å². The summed E-state index contributed by atoms with van der Waals surface area (Å²) in [4.78, 5) is 15.6. The van der Waals surface area contributed by atoms with Crippen molar-refractivity contribution in [1.29, 1.82) is 0 Å². The molecule has 156 valence electrons. The van der Waals surface area contributed by atoms with Crippen molar-refractivity contribution in [2.75, 3.05) is 32.3 Å². The summed E-state index contributed by atoms with van der Waals surface area (Å²) in [7, 11) is 3.25. The van der Waals surface area contributed by atoms with Crippen molar-refractivity contribution in [2.24, 2.45) is 0 Å². The SMILES string of the molecule is COC(CNc1nc(SC)nc2c1sc1nc(-c3ccco3)c3c(c12)CCC3)OC. The predicted octanol–water partition coefficient (Wildman–Crippen LogP) is 4.74. The second-order valence-corrected chi connectivity index (χ2v) is 8.82. The van der Waals surface area contributed by atoms with Crippen molar-refractivity contribution in [2.45, 2.75) is 30.7 Å². The van der Waals surface area contributed by atoms with Crippen LogP contribution in [0.1, 0.15) is 17.5 Å². The van der Waals surface area contributed by atoms with Crippen LogP contribution in [0.2, 0.25) is 0 Å². The van der Waals surface area contributed by atoms with Gasteiger partial charge in [0.15, 0.2) is 17.2 Å². The molecule has 0 amide bonds. The fraction of sp³-hybridized carbons (Fsp3) is 0.381. The monoisotopic (exact) mass is 442 g/mol. The molecule has 9 heteroatoms. The topological polar surface area (TPSA) is 82.3 Å². The molecule has 0 radical (unpaired) electrons. The van der Waals surface area contributed by atoms with Crippen LogP contribution in [-0.4, -0.2) is 48.3 Å². The minimum absolute atomic E-state index is 0.352. The van der Waals surface area contributed by atoms with Crippen LogP contribution < -0.4 is 5.32 Å². The van der Waals surface area contributed by atoms with Crippen LogP contribution in [0.25, 0.3) is 31.9 Å². The lowest BCUT2D eigenvalue weighted by Crippen LogP contribution is -2.24. The summed E-state index contributed by atoms with van der Waals surface area (Å²) in [6.07, 6.45) is 6.51. The minimum Gasteiger partial charge on any atom is -0.463 e. The maximum Gasteiger partial charge on any atom is 0.189 e.